The first-order valence-electron chi connectivity index (χ1n) is 8.73. The van der Waals surface area contributed by atoms with E-state index in [2.05, 4.69) is 28.4 Å². The molecule has 5 heteroatoms. The molecule has 1 amide bonds. The lowest BCUT2D eigenvalue weighted by molar-refractivity contribution is -0.119. The quantitative estimate of drug-likeness (QED) is 0.879. The fraction of sp³-hybridized carbons (Fsp3) is 0.400. The largest absolute Gasteiger partial charge is 0.497 e. The number of rotatable bonds is 6. The van der Waals surface area contributed by atoms with Crippen molar-refractivity contribution in [2.75, 3.05) is 13.7 Å². The molecule has 1 N–H and O–H groups in total. The van der Waals surface area contributed by atoms with E-state index in [0.717, 1.165) is 36.6 Å². The van der Waals surface area contributed by atoms with Crippen LogP contribution in [0.2, 0.25) is 0 Å². The first-order valence-corrected chi connectivity index (χ1v) is 8.73. The van der Waals surface area contributed by atoms with Gasteiger partial charge in [0.1, 0.15) is 5.75 Å². The predicted octanol–water partition coefficient (Wildman–Crippen LogP) is 3.06. The Morgan fingerprint density at radius 1 is 1.28 bits per heavy atom. The van der Waals surface area contributed by atoms with Crippen molar-refractivity contribution >= 4 is 5.91 Å². The SMILES string of the molecule is COc1ccc(CN2CCC[C@H]2c2cccc(CNC(C)=O)n2)cc1. The molecular weight excluding hydrogens is 314 g/mol. The third-order valence-electron chi connectivity index (χ3n) is 4.60. The molecule has 25 heavy (non-hydrogen) atoms. The highest BCUT2D eigenvalue weighted by atomic mass is 16.5. The first-order chi connectivity index (χ1) is 12.2. The van der Waals surface area contributed by atoms with Crippen molar-refractivity contribution in [2.45, 2.75) is 38.9 Å². The molecule has 1 aromatic heterocycles. The Hall–Kier alpha value is -2.40. The summed E-state index contributed by atoms with van der Waals surface area (Å²) in [5.74, 6) is 0.850. The van der Waals surface area contributed by atoms with Crippen LogP contribution in [0.3, 0.4) is 0 Å². The summed E-state index contributed by atoms with van der Waals surface area (Å²) in [5.41, 5.74) is 3.28. The van der Waals surface area contributed by atoms with Gasteiger partial charge < -0.3 is 10.1 Å². The van der Waals surface area contributed by atoms with E-state index in [-0.39, 0.29) is 5.91 Å². The second-order valence-corrected chi connectivity index (χ2v) is 6.44. The van der Waals surface area contributed by atoms with Crippen LogP contribution < -0.4 is 10.1 Å². The zero-order valence-corrected chi connectivity index (χ0v) is 14.9. The average molecular weight is 339 g/mol. The van der Waals surface area contributed by atoms with Crippen LogP contribution in [0.4, 0.5) is 0 Å². The summed E-state index contributed by atoms with van der Waals surface area (Å²) >= 11 is 0. The molecule has 3 rings (SSSR count). The summed E-state index contributed by atoms with van der Waals surface area (Å²) in [6.45, 7) is 3.99. The van der Waals surface area contributed by atoms with Gasteiger partial charge in [0, 0.05) is 13.5 Å². The van der Waals surface area contributed by atoms with Crippen LogP contribution in [0.1, 0.15) is 42.8 Å². The second kappa shape index (κ2) is 8.12. The van der Waals surface area contributed by atoms with Crippen molar-refractivity contribution in [1.29, 1.82) is 0 Å². The number of aromatic nitrogens is 1. The maximum atomic E-state index is 11.1. The monoisotopic (exact) mass is 339 g/mol. The number of nitrogens with zero attached hydrogens (tertiary/aromatic N) is 2. The minimum atomic E-state index is -0.0331. The van der Waals surface area contributed by atoms with Crippen LogP contribution in [-0.4, -0.2) is 29.4 Å². The molecule has 1 aliphatic heterocycles. The van der Waals surface area contributed by atoms with Crippen LogP contribution in [0.15, 0.2) is 42.5 Å². The van der Waals surface area contributed by atoms with E-state index in [9.17, 15) is 4.79 Å². The summed E-state index contributed by atoms with van der Waals surface area (Å²) < 4.78 is 5.23. The zero-order chi connectivity index (χ0) is 17.6. The molecule has 1 saturated heterocycles. The van der Waals surface area contributed by atoms with E-state index in [0.29, 0.717) is 12.6 Å². The number of amides is 1. The van der Waals surface area contributed by atoms with Crippen molar-refractivity contribution in [3.63, 3.8) is 0 Å². The Bertz CT molecular complexity index is 715. The standard InChI is InChI=1S/C20H25N3O2/c1-15(24)21-13-17-5-3-6-19(22-17)20-7-4-12-23(20)14-16-8-10-18(25-2)11-9-16/h3,5-6,8-11,20H,4,7,12-14H2,1-2H3,(H,21,24)/t20-/m0/s1. The Kier molecular flexibility index (Phi) is 5.66. The lowest BCUT2D eigenvalue weighted by Crippen LogP contribution is -2.24. The third kappa shape index (κ3) is 4.57. The summed E-state index contributed by atoms with van der Waals surface area (Å²) in [6, 6.07) is 14.7. The molecule has 2 aromatic rings. The van der Waals surface area contributed by atoms with Gasteiger partial charge in [-0.1, -0.05) is 18.2 Å². The van der Waals surface area contributed by atoms with E-state index >= 15 is 0 Å². The summed E-state index contributed by atoms with van der Waals surface area (Å²) in [4.78, 5) is 18.4. The van der Waals surface area contributed by atoms with Gasteiger partial charge in [-0.3, -0.25) is 14.7 Å². The molecule has 0 radical (unpaired) electrons. The van der Waals surface area contributed by atoms with Crippen molar-refractivity contribution in [3.05, 3.63) is 59.4 Å². The summed E-state index contributed by atoms with van der Waals surface area (Å²) in [5, 5.41) is 2.81. The normalized spacial score (nSPS) is 17.4. The van der Waals surface area contributed by atoms with Gasteiger partial charge >= 0.3 is 0 Å². The Balaban J connectivity index is 1.70. The zero-order valence-electron chi connectivity index (χ0n) is 14.9. The molecule has 0 unspecified atom stereocenters. The Morgan fingerprint density at radius 2 is 2.08 bits per heavy atom. The maximum absolute atomic E-state index is 11.1. The lowest BCUT2D eigenvalue weighted by atomic mass is 10.1. The molecule has 1 fully saturated rings. The number of hydrogen-bond acceptors (Lipinski definition) is 4. The number of hydrogen-bond donors (Lipinski definition) is 1. The number of methoxy groups -OCH3 is 1. The average Bonchev–Trinajstić information content (AvgIpc) is 3.09. The van der Waals surface area contributed by atoms with Crippen LogP contribution >= 0.6 is 0 Å². The van der Waals surface area contributed by atoms with Gasteiger partial charge in [-0.15, -0.1) is 0 Å². The van der Waals surface area contributed by atoms with E-state index in [1.54, 1.807) is 7.11 Å². The minimum Gasteiger partial charge on any atom is -0.497 e. The van der Waals surface area contributed by atoms with Crippen molar-refractivity contribution in [3.8, 4) is 5.75 Å². The lowest BCUT2D eigenvalue weighted by Gasteiger charge is -2.24. The minimum absolute atomic E-state index is 0.0331. The topological polar surface area (TPSA) is 54.5 Å². The van der Waals surface area contributed by atoms with Crippen LogP contribution in [0.5, 0.6) is 5.75 Å². The second-order valence-electron chi connectivity index (χ2n) is 6.44. The Morgan fingerprint density at radius 3 is 2.80 bits per heavy atom. The molecule has 0 bridgehead atoms. The van der Waals surface area contributed by atoms with Gasteiger partial charge in [0.15, 0.2) is 0 Å². The highest BCUT2D eigenvalue weighted by Gasteiger charge is 2.27. The number of carbonyl (C=O) groups excluding carboxylic acids is 1. The fourth-order valence-electron chi connectivity index (χ4n) is 3.31. The van der Waals surface area contributed by atoms with E-state index in [1.807, 2.05) is 24.3 Å². The molecule has 0 spiro atoms. The molecule has 1 aromatic carbocycles. The van der Waals surface area contributed by atoms with Gasteiger partial charge in [-0.05, 0) is 49.2 Å². The number of likely N-dealkylation sites (tertiary alicyclic amines) is 1. The van der Waals surface area contributed by atoms with Crippen LogP contribution in [-0.2, 0) is 17.9 Å². The van der Waals surface area contributed by atoms with E-state index < -0.39 is 0 Å². The molecule has 1 atom stereocenters. The van der Waals surface area contributed by atoms with Crippen LogP contribution in [0.25, 0.3) is 0 Å². The first kappa shape index (κ1) is 17.4. The van der Waals surface area contributed by atoms with Gasteiger partial charge in [-0.2, -0.15) is 0 Å². The van der Waals surface area contributed by atoms with Crippen molar-refractivity contribution in [1.82, 2.24) is 15.2 Å². The molecule has 5 nitrogen and oxygen atoms in total. The van der Waals surface area contributed by atoms with Crippen molar-refractivity contribution < 1.29 is 9.53 Å². The summed E-state index contributed by atoms with van der Waals surface area (Å²) in [6.07, 6.45) is 2.30. The predicted molar refractivity (Wildman–Crippen MR) is 97.1 cm³/mol. The van der Waals surface area contributed by atoms with Gasteiger partial charge in [0.2, 0.25) is 5.91 Å². The number of nitrogens with one attached hydrogen (secondary N) is 1. The molecule has 0 aliphatic carbocycles. The fourth-order valence-corrected chi connectivity index (χ4v) is 3.31. The number of pyridine rings is 1. The van der Waals surface area contributed by atoms with E-state index in [1.165, 1.54) is 18.9 Å². The maximum Gasteiger partial charge on any atom is 0.217 e. The molecule has 2 heterocycles. The number of carbonyl (C=O) groups is 1. The van der Waals surface area contributed by atoms with Gasteiger partial charge in [0.05, 0.1) is 31.1 Å². The third-order valence-corrected chi connectivity index (χ3v) is 4.60. The molecule has 1 aliphatic rings. The van der Waals surface area contributed by atoms with Gasteiger partial charge in [-0.25, -0.2) is 0 Å². The number of benzene rings is 1. The Labute approximate surface area is 149 Å². The molecular formula is C20H25N3O2. The highest BCUT2D eigenvalue weighted by molar-refractivity contribution is 5.72. The molecule has 132 valence electrons. The van der Waals surface area contributed by atoms with Crippen LogP contribution in [0, 0.1) is 0 Å². The number of ether oxygens (including phenoxy) is 1. The van der Waals surface area contributed by atoms with Crippen molar-refractivity contribution in [2.24, 2.45) is 0 Å². The summed E-state index contributed by atoms with van der Waals surface area (Å²) in [7, 11) is 1.69. The van der Waals surface area contributed by atoms with E-state index in [4.69, 9.17) is 9.72 Å². The molecule has 0 saturated carbocycles. The van der Waals surface area contributed by atoms with Gasteiger partial charge in [0.25, 0.3) is 0 Å². The smallest absolute Gasteiger partial charge is 0.217 e. The highest BCUT2D eigenvalue weighted by Crippen LogP contribution is 2.32.